The average molecular weight is 219 g/mol. The van der Waals surface area contributed by atoms with E-state index in [9.17, 15) is 9.59 Å². The van der Waals surface area contributed by atoms with Gasteiger partial charge in [0.25, 0.3) is 11.8 Å². The van der Waals surface area contributed by atoms with Crippen LogP contribution in [-0.4, -0.2) is 24.6 Å². The molecule has 0 radical (unpaired) electrons. The Labute approximate surface area is 89.8 Å². The van der Waals surface area contributed by atoms with E-state index in [1.807, 2.05) is 19.6 Å². The lowest BCUT2D eigenvalue weighted by molar-refractivity contribution is 0.0753. The third-order valence-electron chi connectivity index (χ3n) is 2.46. The Balaban J connectivity index is 2.55. The van der Waals surface area contributed by atoms with Crippen molar-refractivity contribution in [3.8, 4) is 0 Å². The van der Waals surface area contributed by atoms with E-state index in [4.69, 9.17) is 0 Å². The highest BCUT2D eigenvalue weighted by Crippen LogP contribution is 2.26. The number of imide groups is 1. The molecule has 3 nitrogen and oxygen atoms in total. The molecule has 1 aliphatic rings. The van der Waals surface area contributed by atoms with Gasteiger partial charge in [0.05, 0.1) is 11.1 Å². The van der Waals surface area contributed by atoms with Gasteiger partial charge in [0.1, 0.15) is 0 Å². The first kappa shape index (κ1) is 10.1. The Bertz CT molecular complexity index is 413. The van der Waals surface area contributed by atoms with Gasteiger partial charge in [-0.3, -0.25) is 9.59 Å². The Kier molecular flexibility index (Phi) is 2.04. The number of amides is 2. The largest absolute Gasteiger partial charge is 0.304 e. The molecule has 0 aromatic heterocycles. The maximum Gasteiger partial charge on any atom is 0.253 e. The summed E-state index contributed by atoms with van der Waals surface area (Å²) in [6, 6.07) is 7.01. The van der Waals surface area contributed by atoms with Crippen LogP contribution in [0, 0.1) is 0 Å². The van der Waals surface area contributed by atoms with Crippen LogP contribution in [0.3, 0.4) is 0 Å². The van der Waals surface area contributed by atoms with E-state index in [0.29, 0.717) is 11.1 Å². The number of hydrogen-bond acceptors (Lipinski definition) is 2. The minimum Gasteiger partial charge on any atom is -0.304 e. The molecule has 1 heterocycles. The molecule has 0 saturated heterocycles. The number of rotatable bonds is 1. The van der Waals surface area contributed by atoms with Gasteiger partial charge in [-0.2, -0.15) is 0 Å². The Morgan fingerprint density at radius 2 is 1.33 bits per heavy atom. The molecule has 78 valence electrons. The molecular formula is C11H13NO2Si. The number of benzene rings is 1. The molecule has 0 aliphatic carbocycles. The highest BCUT2D eigenvalue weighted by atomic mass is 28.3. The zero-order chi connectivity index (χ0) is 11.2. The monoisotopic (exact) mass is 219 g/mol. The van der Waals surface area contributed by atoms with Gasteiger partial charge >= 0.3 is 0 Å². The van der Waals surface area contributed by atoms with E-state index >= 15 is 0 Å². The van der Waals surface area contributed by atoms with Crippen molar-refractivity contribution in [3.05, 3.63) is 35.4 Å². The summed E-state index contributed by atoms with van der Waals surface area (Å²) in [6.45, 7) is 5.98. The molecule has 1 aromatic carbocycles. The van der Waals surface area contributed by atoms with Crippen LogP contribution in [0.1, 0.15) is 20.7 Å². The molecular weight excluding hydrogens is 206 g/mol. The van der Waals surface area contributed by atoms with Crippen LogP contribution in [-0.2, 0) is 0 Å². The molecule has 0 fully saturated rings. The summed E-state index contributed by atoms with van der Waals surface area (Å²) in [5, 5.41) is 0. The number of carbonyl (C=O) groups is 2. The number of fused-ring (bicyclic) bond motifs is 1. The van der Waals surface area contributed by atoms with Crippen LogP contribution < -0.4 is 0 Å². The van der Waals surface area contributed by atoms with Crippen molar-refractivity contribution in [3.63, 3.8) is 0 Å². The summed E-state index contributed by atoms with van der Waals surface area (Å²) < 4.78 is 1.46. The van der Waals surface area contributed by atoms with Crippen LogP contribution in [0.5, 0.6) is 0 Å². The summed E-state index contributed by atoms with van der Waals surface area (Å²) >= 11 is 0. The van der Waals surface area contributed by atoms with Crippen molar-refractivity contribution in [1.29, 1.82) is 0 Å². The first-order chi connectivity index (χ1) is 6.93. The predicted octanol–water partition coefficient (Wildman–Crippen LogP) is 2.12. The average Bonchev–Trinajstić information content (AvgIpc) is 2.39. The quantitative estimate of drug-likeness (QED) is 0.536. The van der Waals surface area contributed by atoms with Crippen LogP contribution >= 0.6 is 0 Å². The van der Waals surface area contributed by atoms with Crippen molar-refractivity contribution < 1.29 is 9.59 Å². The van der Waals surface area contributed by atoms with Crippen LogP contribution in [0.4, 0.5) is 0 Å². The molecule has 2 rings (SSSR count). The third kappa shape index (κ3) is 1.41. The second-order valence-electron chi connectivity index (χ2n) is 4.66. The van der Waals surface area contributed by atoms with Crippen molar-refractivity contribution >= 4 is 20.0 Å². The van der Waals surface area contributed by atoms with E-state index in [2.05, 4.69) is 0 Å². The first-order valence-electron chi connectivity index (χ1n) is 4.91. The first-order valence-corrected chi connectivity index (χ1v) is 8.35. The Morgan fingerprint density at radius 1 is 0.933 bits per heavy atom. The fraction of sp³-hybridized carbons (Fsp3) is 0.273. The predicted molar refractivity (Wildman–Crippen MR) is 60.3 cm³/mol. The minimum absolute atomic E-state index is 0.130. The van der Waals surface area contributed by atoms with Gasteiger partial charge in [-0.1, -0.05) is 31.8 Å². The van der Waals surface area contributed by atoms with Gasteiger partial charge in [-0.15, -0.1) is 0 Å². The van der Waals surface area contributed by atoms with Crippen molar-refractivity contribution in [2.45, 2.75) is 19.6 Å². The van der Waals surface area contributed by atoms with Gasteiger partial charge < -0.3 is 4.57 Å². The van der Waals surface area contributed by atoms with Crippen molar-refractivity contribution in [2.24, 2.45) is 0 Å². The third-order valence-corrected chi connectivity index (χ3v) is 4.21. The molecule has 0 bridgehead atoms. The van der Waals surface area contributed by atoms with Gasteiger partial charge in [0.15, 0.2) is 8.24 Å². The summed E-state index contributed by atoms with van der Waals surface area (Å²) in [7, 11) is -1.91. The van der Waals surface area contributed by atoms with E-state index in [-0.39, 0.29) is 11.8 Å². The number of hydrogen-bond donors (Lipinski definition) is 0. The summed E-state index contributed by atoms with van der Waals surface area (Å²) in [5.41, 5.74) is 1.09. The lowest BCUT2D eigenvalue weighted by Crippen LogP contribution is -2.49. The topological polar surface area (TPSA) is 37.4 Å². The van der Waals surface area contributed by atoms with E-state index in [0.717, 1.165) is 0 Å². The summed E-state index contributed by atoms with van der Waals surface area (Å²) in [4.78, 5) is 24.0. The lowest BCUT2D eigenvalue weighted by atomic mass is 10.1. The number of carbonyl (C=O) groups excluding carboxylic acids is 2. The van der Waals surface area contributed by atoms with E-state index in [1.54, 1.807) is 24.3 Å². The lowest BCUT2D eigenvalue weighted by Gasteiger charge is -2.27. The van der Waals surface area contributed by atoms with E-state index in [1.165, 1.54) is 4.57 Å². The Hall–Kier alpha value is -1.42. The fourth-order valence-electron chi connectivity index (χ4n) is 1.80. The van der Waals surface area contributed by atoms with Crippen molar-refractivity contribution in [2.75, 3.05) is 0 Å². The maximum atomic E-state index is 12.0. The molecule has 4 heteroatoms. The van der Waals surface area contributed by atoms with Gasteiger partial charge in [0, 0.05) is 0 Å². The summed E-state index contributed by atoms with van der Waals surface area (Å²) in [5.74, 6) is -0.260. The maximum absolute atomic E-state index is 12.0. The van der Waals surface area contributed by atoms with Gasteiger partial charge in [-0.05, 0) is 12.1 Å². The highest BCUT2D eigenvalue weighted by molar-refractivity contribution is 6.79. The fourth-order valence-corrected chi connectivity index (χ4v) is 3.26. The molecule has 0 spiro atoms. The Morgan fingerprint density at radius 3 is 1.67 bits per heavy atom. The molecule has 0 atom stereocenters. The highest BCUT2D eigenvalue weighted by Gasteiger charge is 2.42. The normalized spacial score (nSPS) is 15.8. The standard InChI is InChI=1S/C11H13NO2Si/c1-15(2,3)12-10(13)8-6-4-5-7-9(8)11(12)14/h4-7H,1-3H3. The minimum atomic E-state index is -1.91. The molecule has 2 amide bonds. The van der Waals surface area contributed by atoms with Gasteiger partial charge in [-0.25, -0.2) is 0 Å². The zero-order valence-electron chi connectivity index (χ0n) is 9.07. The van der Waals surface area contributed by atoms with Crippen LogP contribution in [0.15, 0.2) is 24.3 Å². The van der Waals surface area contributed by atoms with Crippen molar-refractivity contribution in [1.82, 2.24) is 4.57 Å². The molecule has 0 unspecified atom stereocenters. The smallest absolute Gasteiger partial charge is 0.253 e. The second-order valence-corrected chi connectivity index (χ2v) is 9.45. The summed E-state index contributed by atoms with van der Waals surface area (Å²) in [6.07, 6.45) is 0. The zero-order valence-corrected chi connectivity index (χ0v) is 10.1. The molecule has 15 heavy (non-hydrogen) atoms. The second kappa shape index (κ2) is 3.03. The van der Waals surface area contributed by atoms with Crippen LogP contribution in [0.2, 0.25) is 19.6 Å². The molecule has 0 saturated carbocycles. The molecule has 1 aromatic rings. The molecule has 0 N–H and O–H groups in total. The SMILES string of the molecule is C[Si](C)(C)N1C(=O)c2ccccc2C1=O. The van der Waals surface area contributed by atoms with Gasteiger partial charge in [0.2, 0.25) is 0 Å². The number of nitrogens with zero attached hydrogens (tertiary/aromatic N) is 1. The van der Waals surface area contributed by atoms with E-state index < -0.39 is 8.24 Å². The van der Waals surface area contributed by atoms with Crippen LogP contribution in [0.25, 0.3) is 0 Å². The molecule has 1 aliphatic heterocycles.